The molecule has 1 saturated carbocycles. The van der Waals surface area contributed by atoms with Gasteiger partial charge >= 0.3 is 0 Å². The molecule has 0 spiro atoms. The lowest BCUT2D eigenvalue weighted by molar-refractivity contribution is 0.0786. The number of aryl methyl sites for hydroxylation is 3. The SMILES string of the molecule is CCCCn1nc(C)c2c(C(=O)N(C)Cc3cnn(C)c3C)cc(C3CC3)nc21. The van der Waals surface area contributed by atoms with E-state index in [0.717, 1.165) is 71.5 Å². The van der Waals surface area contributed by atoms with Gasteiger partial charge < -0.3 is 4.90 Å². The number of amides is 1. The lowest BCUT2D eigenvalue weighted by Crippen LogP contribution is -2.27. The van der Waals surface area contributed by atoms with E-state index in [1.54, 1.807) is 4.90 Å². The maximum absolute atomic E-state index is 13.5. The summed E-state index contributed by atoms with van der Waals surface area (Å²) in [6.07, 6.45) is 6.29. The minimum absolute atomic E-state index is 0.0145. The van der Waals surface area contributed by atoms with Crippen LogP contribution in [0.3, 0.4) is 0 Å². The molecule has 0 atom stereocenters. The molecule has 3 aromatic heterocycles. The number of rotatable bonds is 7. The first-order chi connectivity index (χ1) is 13.9. The molecule has 1 aliphatic carbocycles. The van der Waals surface area contributed by atoms with Crippen LogP contribution in [0.2, 0.25) is 0 Å². The number of pyridine rings is 1. The van der Waals surface area contributed by atoms with E-state index in [0.29, 0.717) is 12.5 Å². The van der Waals surface area contributed by atoms with Crippen LogP contribution in [0.25, 0.3) is 11.0 Å². The second-order valence-electron chi connectivity index (χ2n) is 8.27. The highest BCUT2D eigenvalue weighted by molar-refractivity contribution is 6.06. The van der Waals surface area contributed by atoms with Crippen molar-refractivity contribution >= 4 is 16.9 Å². The number of carbonyl (C=O) groups excluding carboxylic acids is 1. The predicted octanol–water partition coefficient (Wildman–Crippen LogP) is 3.73. The van der Waals surface area contributed by atoms with Crippen LogP contribution in [-0.2, 0) is 20.1 Å². The molecule has 154 valence electrons. The topological polar surface area (TPSA) is 68.8 Å². The fourth-order valence-corrected chi connectivity index (χ4v) is 3.83. The van der Waals surface area contributed by atoms with Crippen LogP contribution < -0.4 is 0 Å². The Kier molecular flexibility index (Phi) is 5.15. The minimum atomic E-state index is 0.0145. The van der Waals surface area contributed by atoms with Gasteiger partial charge in [-0.05, 0) is 39.2 Å². The second kappa shape index (κ2) is 7.61. The summed E-state index contributed by atoms with van der Waals surface area (Å²) in [5, 5.41) is 9.91. The van der Waals surface area contributed by atoms with E-state index in [9.17, 15) is 4.79 Å². The Morgan fingerprint density at radius 3 is 2.69 bits per heavy atom. The van der Waals surface area contributed by atoms with Crippen LogP contribution in [-0.4, -0.2) is 42.4 Å². The Morgan fingerprint density at radius 1 is 1.31 bits per heavy atom. The van der Waals surface area contributed by atoms with Crippen molar-refractivity contribution in [3.8, 4) is 0 Å². The van der Waals surface area contributed by atoms with Gasteiger partial charge in [-0.15, -0.1) is 0 Å². The largest absolute Gasteiger partial charge is 0.337 e. The van der Waals surface area contributed by atoms with E-state index in [-0.39, 0.29) is 5.91 Å². The molecule has 0 bridgehead atoms. The Hall–Kier alpha value is -2.70. The first kappa shape index (κ1) is 19.6. The van der Waals surface area contributed by atoms with Gasteiger partial charge in [0.25, 0.3) is 5.91 Å². The van der Waals surface area contributed by atoms with Gasteiger partial charge in [0.2, 0.25) is 0 Å². The van der Waals surface area contributed by atoms with Crippen LogP contribution in [0.15, 0.2) is 12.3 Å². The average Bonchev–Trinajstić information content (AvgIpc) is 3.46. The number of hydrogen-bond donors (Lipinski definition) is 0. The molecule has 0 radical (unpaired) electrons. The van der Waals surface area contributed by atoms with E-state index < -0.39 is 0 Å². The molecule has 1 aliphatic rings. The Bertz CT molecular complexity index is 1060. The summed E-state index contributed by atoms with van der Waals surface area (Å²) >= 11 is 0. The molecule has 4 rings (SSSR count). The summed E-state index contributed by atoms with van der Waals surface area (Å²) in [5.74, 6) is 0.493. The summed E-state index contributed by atoms with van der Waals surface area (Å²) in [6.45, 7) is 7.54. The van der Waals surface area contributed by atoms with Gasteiger partial charge in [-0.1, -0.05) is 13.3 Å². The third kappa shape index (κ3) is 3.66. The first-order valence-corrected chi connectivity index (χ1v) is 10.5. The molecule has 0 aromatic carbocycles. The molecule has 3 aromatic rings. The zero-order valence-electron chi connectivity index (χ0n) is 18.1. The zero-order valence-corrected chi connectivity index (χ0v) is 18.1. The van der Waals surface area contributed by atoms with Crippen molar-refractivity contribution in [3.63, 3.8) is 0 Å². The summed E-state index contributed by atoms with van der Waals surface area (Å²) in [5.41, 5.74) is 5.62. The van der Waals surface area contributed by atoms with Crippen molar-refractivity contribution in [2.45, 2.75) is 65.5 Å². The van der Waals surface area contributed by atoms with Gasteiger partial charge in [-0.25, -0.2) is 9.67 Å². The van der Waals surface area contributed by atoms with Gasteiger partial charge in [0.05, 0.1) is 22.8 Å². The summed E-state index contributed by atoms with van der Waals surface area (Å²) in [4.78, 5) is 20.2. The van der Waals surface area contributed by atoms with Crippen molar-refractivity contribution in [1.82, 2.24) is 29.4 Å². The van der Waals surface area contributed by atoms with Crippen molar-refractivity contribution < 1.29 is 4.79 Å². The van der Waals surface area contributed by atoms with Crippen molar-refractivity contribution in [2.24, 2.45) is 7.05 Å². The molecular formula is C22H30N6O. The van der Waals surface area contributed by atoms with Crippen LogP contribution in [0.1, 0.15) is 71.5 Å². The normalized spacial score (nSPS) is 14.0. The fourth-order valence-electron chi connectivity index (χ4n) is 3.83. The summed E-state index contributed by atoms with van der Waals surface area (Å²) < 4.78 is 3.83. The molecule has 7 nitrogen and oxygen atoms in total. The maximum Gasteiger partial charge on any atom is 0.254 e. The lowest BCUT2D eigenvalue weighted by atomic mass is 10.1. The third-order valence-corrected chi connectivity index (χ3v) is 5.94. The smallest absolute Gasteiger partial charge is 0.254 e. The first-order valence-electron chi connectivity index (χ1n) is 10.5. The molecular weight excluding hydrogens is 364 g/mol. The van der Waals surface area contributed by atoms with Gasteiger partial charge in [0, 0.05) is 50.1 Å². The van der Waals surface area contributed by atoms with Gasteiger partial charge in [-0.3, -0.25) is 9.48 Å². The summed E-state index contributed by atoms with van der Waals surface area (Å²) in [6, 6.07) is 2.01. The van der Waals surface area contributed by atoms with E-state index in [4.69, 9.17) is 10.1 Å². The second-order valence-corrected chi connectivity index (χ2v) is 8.27. The Balaban J connectivity index is 1.74. The molecule has 1 fully saturated rings. The molecule has 1 amide bonds. The number of hydrogen-bond acceptors (Lipinski definition) is 4. The van der Waals surface area contributed by atoms with Crippen molar-refractivity contribution in [1.29, 1.82) is 0 Å². The molecule has 0 saturated heterocycles. The van der Waals surface area contributed by atoms with Gasteiger partial charge in [0.15, 0.2) is 5.65 Å². The molecule has 29 heavy (non-hydrogen) atoms. The highest BCUT2D eigenvalue weighted by Crippen LogP contribution is 2.40. The quantitative estimate of drug-likeness (QED) is 0.612. The number of fused-ring (bicyclic) bond motifs is 1. The Labute approximate surface area is 171 Å². The molecule has 0 N–H and O–H groups in total. The van der Waals surface area contributed by atoms with E-state index in [1.807, 2.05) is 49.6 Å². The predicted molar refractivity (Wildman–Crippen MR) is 113 cm³/mol. The van der Waals surface area contributed by atoms with Crippen LogP contribution in [0, 0.1) is 13.8 Å². The number of carbonyl (C=O) groups is 1. The van der Waals surface area contributed by atoms with E-state index >= 15 is 0 Å². The standard InChI is InChI=1S/C22H30N6O/c1-6-7-10-28-21-20(14(2)25-28)18(11-19(24-21)16-8-9-16)22(29)26(4)13-17-12-23-27(5)15(17)3/h11-12,16H,6-10,13H2,1-5H3. The Morgan fingerprint density at radius 2 is 2.07 bits per heavy atom. The van der Waals surface area contributed by atoms with E-state index in [2.05, 4.69) is 12.0 Å². The highest BCUT2D eigenvalue weighted by atomic mass is 16.2. The third-order valence-electron chi connectivity index (χ3n) is 5.94. The minimum Gasteiger partial charge on any atom is -0.337 e. The van der Waals surface area contributed by atoms with E-state index in [1.165, 1.54) is 0 Å². The highest BCUT2D eigenvalue weighted by Gasteiger charge is 2.29. The van der Waals surface area contributed by atoms with Crippen LogP contribution in [0.5, 0.6) is 0 Å². The number of unbranched alkanes of at least 4 members (excludes halogenated alkanes) is 1. The zero-order chi connectivity index (χ0) is 20.7. The lowest BCUT2D eigenvalue weighted by Gasteiger charge is -2.18. The molecule has 7 heteroatoms. The van der Waals surface area contributed by atoms with Crippen LogP contribution in [0.4, 0.5) is 0 Å². The molecule has 0 unspecified atom stereocenters. The van der Waals surface area contributed by atoms with Crippen molar-refractivity contribution in [2.75, 3.05) is 7.05 Å². The fraction of sp³-hybridized carbons (Fsp3) is 0.545. The molecule has 0 aliphatic heterocycles. The van der Waals surface area contributed by atoms with Gasteiger partial charge in [-0.2, -0.15) is 10.2 Å². The average molecular weight is 395 g/mol. The van der Waals surface area contributed by atoms with Gasteiger partial charge in [0.1, 0.15) is 0 Å². The van der Waals surface area contributed by atoms with Crippen molar-refractivity contribution in [3.05, 3.63) is 40.5 Å². The maximum atomic E-state index is 13.5. The number of aromatic nitrogens is 5. The molecule has 3 heterocycles. The summed E-state index contributed by atoms with van der Waals surface area (Å²) in [7, 11) is 3.78. The van der Waals surface area contributed by atoms with Crippen LogP contribution >= 0.6 is 0 Å². The number of nitrogens with zero attached hydrogens (tertiary/aromatic N) is 6. The monoisotopic (exact) mass is 394 g/mol.